The average molecular weight is 651 g/mol. The zero-order valence-electron chi connectivity index (χ0n) is 26.9. The summed E-state index contributed by atoms with van der Waals surface area (Å²) in [5.41, 5.74) is 6.87. The first-order chi connectivity index (χ1) is 19.8. The minimum absolute atomic E-state index is 0. The summed E-state index contributed by atoms with van der Waals surface area (Å²) in [5, 5.41) is 22.5. The molecule has 231 valence electrons. The molecule has 0 aliphatic carbocycles. The van der Waals surface area contributed by atoms with Crippen molar-refractivity contribution in [1.29, 1.82) is 0 Å². The van der Waals surface area contributed by atoms with Crippen LogP contribution in [-0.2, 0) is 27.9 Å². The fourth-order valence-corrected chi connectivity index (χ4v) is 5.28. The molecule has 4 aromatic carbocycles. The molecule has 0 fully saturated rings. The molecule has 0 aliphatic rings. The van der Waals surface area contributed by atoms with Gasteiger partial charge in [0.15, 0.2) is 0 Å². The van der Waals surface area contributed by atoms with E-state index < -0.39 is 0 Å². The zero-order chi connectivity index (χ0) is 30.7. The predicted octanol–water partition coefficient (Wildman–Crippen LogP) is 6.33. The smallest absolute Gasteiger partial charge is 1.00 e. The van der Waals surface area contributed by atoms with Gasteiger partial charge in [0.1, 0.15) is 23.6 Å². The van der Waals surface area contributed by atoms with Gasteiger partial charge in [-0.15, -0.1) is 0 Å². The van der Waals surface area contributed by atoms with Gasteiger partial charge in [-0.2, -0.15) is 0 Å². The third-order valence-electron chi connectivity index (χ3n) is 7.51. The number of aryl methyl sites for hydroxylation is 2. The van der Waals surface area contributed by atoms with Gasteiger partial charge in [-0.25, -0.2) is 0 Å². The SMILES string of the molecule is Cc1cc(C=NC(c2ccccc2)C(N=Cc2cc(C)cc(C(C)(C)C)c2O)c2ccccc2)c(O)c(C(C)(C)C)c1.[Cl-].[Mn+2]. The Morgan fingerprint density at radius 1 is 0.568 bits per heavy atom. The van der Waals surface area contributed by atoms with E-state index in [-0.39, 0.29) is 63.9 Å². The maximum absolute atomic E-state index is 11.2. The molecule has 1 radical (unpaired) electrons. The molecule has 6 heteroatoms. The minimum Gasteiger partial charge on any atom is -1.00 e. The first-order valence-corrected chi connectivity index (χ1v) is 14.6. The van der Waals surface area contributed by atoms with Gasteiger partial charge in [0, 0.05) is 34.7 Å². The average Bonchev–Trinajstić information content (AvgIpc) is 2.93. The number of aromatic hydroxyl groups is 2. The van der Waals surface area contributed by atoms with E-state index in [1.807, 2.05) is 74.5 Å². The number of halogens is 1. The number of rotatable bonds is 7. The third kappa shape index (κ3) is 8.85. The molecule has 2 unspecified atom stereocenters. The second-order valence-corrected chi connectivity index (χ2v) is 13.3. The Bertz CT molecular complexity index is 1470. The Kier molecular flexibility index (Phi) is 12.6. The van der Waals surface area contributed by atoms with Gasteiger partial charge in [-0.1, -0.05) is 114 Å². The van der Waals surface area contributed by atoms with Gasteiger partial charge in [0.2, 0.25) is 0 Å². The van der Waals surface area contributed by atoms with Crippen molar-refractivity contribution in [3.63, 3.8) is 0 Å². The normalized spacial score (nSPS) is 13.4. The van der Waals surface area contributed by atoms with Gasteiger partial charge in [-0.3, -0.25) is 9.98 Å². The van der Waals surface area contributed by atoms with Crippen LogP contribution in [0.2, 0.25) is 0 Å². The summed E-state index contributed by atoms with van der Waals surface area (Å²) in [7, 11) is 0. The van der Waals surface area contributed by atoms with E-state index in [0.717, 1.165) is 33.4 Å². The van der Waals surface area contributed by atoms with Crippen molar-refractivity contribution in [3.05, 3.63) is 129 Å². The Hall–Kier alpha value is -3.37. The number of aliphatic imine (C=N–C) groups is 2. The molecule has 0 saturated heterocycles. The summed E-state index contributed by atoms with van der Waals surface area (Å²) < 4.78 is 0. The van der Waals surface area contributed by atoms with Crippen LogP contribution in [0.5, 0.6) is 11.5 Å². The van der Waals surface area contributed by atoms with Crippen molar-refractivity contribution >= 4 is 12.4 Å². The van der Waals surface area contributed by atoms with Crippen molar-refractivity contribution < 1.29 is 39.7 Å². The number of benzene rings is 4. The Morgan fingerprint density at radius 2 is 0.886 bits per heavy atom. The standard InChI is InChI=1S/C38H44N2O2.ClH.Mn/c1-25-19-29(35(41)31(21-25)37(3,4)5)23-39-33(27-15-11-9-12-16-27)34(28-17-13-10-14-18-28)40-24-30-20-26(2)22-32(36(30)42)38(6,7)8;;/h9-24,33-34,41-42H,1-8H3;1H;/q;;+2/p-1. The number of nitrogens with zero attached hydrogens (tertiary/aromatic N) is 2. The van der Waals surface area contributed by atoms with Crippen molar-refractivity contribution in [2.45, 2.75) is 78.3 Å². The quantitative estimate of drug-likeness (QED) is 0.181. The van der Waals surface area contributed by atoms with Crippen LogP contribution in [0.25, 0.3) is 0 Å². The van der Waals surface area contributed by atoms with E-state index in [4.69, 9.17) is 9.98 Å². The van der Waals surface area contributed by atoms with Crippen LogP contribution in [0.4, 0.5) is 0 Å². The fourth-order valence-electron chi connectivity index (χ4n) is 5.28. The predicted molar refractivity (Wildman–Crippen MR) is 177 cm³/mol. The summed E-state index contributed by atoms with van der Waals surface area (Å²) in [4.78, 5) is 10.2. The number of hydrogen-bond donors (Lipinski definition) is 2. The number of hydrogen-bond acceptors (Lipinski definition) is 4. The molecule has 0 amide bonds. The van der Waals surface area contributed by atoms with Gasteiger partial charge in [-0.05, 0) is 59.1 Å². The van der Waals surface area contributed by atoms with Crippen LogP contribution in [0, 0.1) is 13.8 Å². The molecule has 0 spiro atoms. The molecule has 44 heavy (non-hydrogen) atoms. The van der Waals surface area contributed by atoms with E-state index in [9.17, 15) is 10.2 Å². The summed E-state index contributed by atoms with van der Waals surface area (Å²) >= 11 is 0. The maximum Gasteiger partial charge on any atom is 2.00 e. The molecule has 0 saturated carbocycles. The van der Waals surface area contributed by atoms with Crippen LogP contribution in [0.15, 0.2) is 94.9 Å². The van der Waals surface area contributed by atoms with E-state index >= 15 is 0 Å². The van der Waals surface area contributed by atoms with Crippen molar-refractivity contribution in [2.24, 2.45) is 9.98 Å². The monoisotopic (exact) mass is 650 g/mol. The molecule has 0 heterocycles. The summed E-state index contributed by atoms with van der Waals surface area (Å²) in [6.45, 7) is 16.7. The summed E-state index contributed by atoms with van der Waals surface area (Å²) in [6.07, 6.45) is 3.56. The second-order valence-electron chi connectivity index (χ2n) is 13.3. The molecule has 4 aromatic rings. The largest absolute Gasteiger partial charge is 2.00 e. The van der Waals surface area contributed by atoms with Gasteiger partial charge >= 0.3 is 17.1 Å². The second kappa shape index (κ2) is 15.1. The summed E-state index contributed by atoms with van der Waals surface area (Å²) in [6, 6.07) is 27.5. The van der Waals surface area contributed by atoms with Crippen LogP contribution in [-0.4, -0.2) is 22.6 Å². The molecule has 4 rings (SSSR count). The Balaban J connectivity index is 0.00000337. The topological polar surface area (TPSA) is 65.2 Å². The fraction of sp³-hybridized carbons (Fsp3) is 0.316. The zero-order valence-corrected chi connectivity index (χ0v) is 28.9. The first-order valence-electron chi connectivity index (χ1n) is 14.6. The van der Waals surface area contributed by atoms with E-state index in [1.54, 1.807) is 12.4 Å². The first kappa shape index (κ1) is 36.8. The molecule has 0 aliphatic heterocycles. The van der Waals surface area contributed by atoms with E-state index in [2.05, 4.69) is 65.8 Å². The molecule has 0 bridgehead atoms. The van der Waals surface area contributed by atoms with E-state index in [0.29, 0.717) is 11.1 Å². The van der Waals surface area contributed by atoms with Gasteiger partial charge in [0.25, 0.3) is 0 Å². The van der Waals surface area contributed by atoms with Crippen LogP contribution in [0.3, 0.4) is 0 Å². The minimum atomic E-state index is -0.378. The molecule has 0 aromatic heterocycles. The molecule has 4 nitrogen and oxygen atoms in total. The van der Waals surface area contributed by atoms with Crippen molar-refractivity contribution in [1.82, 2.24) is 0 Å². The third-order valence-corrected chi connectivity index (χ3v) is 7.51. The van der Waals surface area contributed by atoms with Crippen LogP contribution >= 0.6 is 0 Å². The molecule has 2 N–H and O–H groups in total. The molecular weight excluding hydrogens is 607 g/mol. The summed E-state index contributed by atoms with van der Waals surface area (Å²) in [5.74, 6) is 0.505. The van der Waals surface area contributed by atoms with E-state index in [1.165, 1.54) is 0 Å². The maximum atomic E-state index is 11.2. The Labute approximate surface area is 280 Å². The van der Waals surface area contributed by atoms with Crippen LogP contribution < -0.4 is 12.4 Å². The van der Waals surface area contributed by atoms with Gasteiger partial charge < -0.3 is 22.6 Å². The van der Waals surface area contributed by atoms with Crippen molar-refractivity contribution in [2.75, 3.05) is 0 Å². The van der Waals surface area contributed by atoms with Crippen molar-refractivity contribution in [3.8, 4) is 11.5 Å². The number of phenolic OH excluding ortho intramolecular Hbond substituents is 2. The molecular formula is C38H44ClMnN2O2+. The Morgan fingerprint density at radius 3 is 1.18 bits per heavy atom. The van der Waals surface area contributed by atoms with Crippen LogP contribution in [0.1, 0.15) is 98.1 Å². The van der Waals surface area contributed by atoms with Gasteiger partial charge in [0.05, 0.1) is 0 Å². The number of phenols is 2. The molecule has 2 atom stereocenters.